The monoisotopic (exact) mass is 420 g/mol. The van der Waals surface area contributed by atoms with Crippen LogP contribution in [0.15, 0.2) is 29.4 Å². The first-order valence-corrected chi connectivity index (χ1v) is 9.71. The quantitative estimate of drug-likeness (QED) is 0.472. The number of benzene rings is 1. The number of rotatable bonds is 7. The van der Waals surface area contributed by atoms with E-state index in [2.05, 4.69) is 25.6 Å². The highest BCUT2D eigenvalue weighted by Gasteiger charge is 2.35. The van der Waals surface area contributed by atoms with Crippen LogP contribution in [0.3, 0.4) is 0 Å². The lowest BCUT2D eigenvalue weighted by Crippen LogP contribution is -2.58. The molecule has 1 aromatic carbocycles. The molecule has 0 radical (unpaired) electrons. The van der Waals surface area contributed by atoms with Crippen LogP contribution in [-0.2, 0) is 19.1 Å². The van der Waals surface area contributed by atoms with E-state index < -0.39 is 12.0 Å². The molecule has 0 bridgehead atoms. The van der Waals surface area contributed by atoms with Crippen molar-refractivity contribution in [2.45, 2.75) is 17.6 Å². The second kappa shape index (κ2) is 9.37. The van der Waals surface area contributed by atoms with E-state index in [0.717, 1.165) is 11.8 Å². The van der Waals surface area contributed by atoms with Crippen LogP contribution in [0.1, 0.15) is 6.42 Å². The van der Waals surface area contributed by atoms with Gasteiger partial charge in [0.05, 0.1) is 32.1 Å². The summed E-state index contributed by atoms with van der Waals surface area (Å²) in [5.74, 6) is -0.500. The summed E-state index contributed by atoms with van der Waals surface area (Å²) in [6.07, 6.45) is -0.192. The van der Waals surface area contributed by atoms with Gasteiger partial charge in [0.15, 0.2) is 0 Å². The van der Waals surface area contributed by atoms with Crippen LogP contribution >= 0.6 is 11.8 Å². The van der Waals surface area contributed by atoms with Crippen molar-refractivity contribution in [1.29, 1.82) is 0 Å². The highest BCUT2D eigenvalue weighted by atomic mass is 32.2. The number of carbonyl (C=O) groups is 3. The van der Waals surface area contributed by atoms with Gasteiger partial charge in [-0.05, 0) is 34.7 Å². The molecule has 0 spiro atoms. The van der Waals surface area contributed by atoms with Crippen LogP contribution in [0.2, 0.25) is 0 Å². The second-order valence-electron chi connectivity index (χ2n) is 6.03. The zero-order chi connectivity index (χ0) is 20.8. The Labute approximate surface area is 170 Å². The van der Waals surface area contributed by atoms with Gasteiger partial charge in [0.25, 0.3) is 0 Å². The molecular formula is C17H20N6O5S. The molecule has 1 atom stereocenters. The van der Waals surface area contributed by atoms with Crippen molar-refractivity contribution in [3.8, 4) is 11.4 Å². The predicted molar refractivity (Wildman–Crippen MR) is 102 cm³/mol. The van der Waals surface area contributed by atoms with Crippen molar-refractivity contribution >= 4 is 29.5 Å². The van der Waals surface area contributed by atoms with Crippen molar-refractivity contribution in [3.63, 3.8) is 0 Å². The number of methoxy groups -OCH3 is 2. The van der Waals surface area contributed by atoms with Gasteiger partial charge in [-0.3, -0.25) is 14.4 Å². The second-order valence-corrected chi connectivity index (χ2v) is 6.98. The number of piperazine rings is 1. The molecule has 29 heavy (non-hydrogen) atoms. The SMILES string of the molecule is COC(=O)C[C@H]1C(=O)NCCN1C(=O)CSc1nnnn1-c1ccc(OC)cc1. The Balaban J connectivity index is 1.67. The van der Waals surface area contributed by atoms with Crippen LogP contribution in [0, 0.1) is 0 Å². The molecule has 0 saturated carbocycles. The van der Waals surface area contributed by atoms with E-state index in [1.54, 1.807) is 31.4 Å². The van der Waals surface area contributed by atoms with Gasteiger partial charge >= 0.3 is 5.97 Å². The van der Waals surface area contributed by atoms with Gasteiger partial charge in [0, 0.05) is 13.1 Å². The number of esters is 1. The molecule has 2 aromatic rings. The van der Waals surface area contributed by atoms with Gasteiger partial charge in [0.1, 0.15) is 11.8 Å². The number of carbonyl (C=O) groups excluding carboxylic acids is 3. The van der Waals surface area contributed by atoms with Crippen LogP contribution in [0.4, 0.5) is 0 Å². The molecule has 1 aliphatic heterocycles. The first kappa shape index (κ1) is 20.6. The number of hydrogen-bond donors (Lipinski definition) is 1. The Morgan fingerprint density at radius 2 is 2.03 bits per heavy atom. The minimum Gasteiger partial charge on any atom is -0.497 e. The van der Waals surface area contributed by atoms with Gasteiger partial charge in [-0.2, -0.15) is 4.68 Å². The maximum Gasteiger partial charge on any atom is 0.308 e. The van der Waals surface area contributed by atoms with Crippen molar-refractivity contribution in [2.24, 2.45) is 0 Å². The lowest BCUT2D eigenvalue weighted by atomic mass is 10.1. The van der Waals surface area contributed by atoms with Crippen molar-refractivity contribution in [2.75, 3.05) is 33.1 Å². The molecule has 1 aromatic heterocycles. The lowest BCUT2D eigenvalue weighted by Gasteiger charge is -2.34. The smallest absolute Gasteiger partial charge is 0.308 e. The Bertz CT molecular complexity index is 887. The zero-order valence-corrected chi connectivity index (χ0v) is 16.7. The summed E-state index contributed by atoms with van der Waals surface area (Å²) < 4.78 is 11.3. The third-order valence-electron chi connectivity index (χ3n) is 4.32. The fourth-order valence-electron chi connectivity index (χ4n) is 2.82. The topological polar surface area (TPSA) is 129 Å². The average Bonchev–Trinajstić information content (AvgIpc) is 3.22. The molecule has 2 heterocycles. The molecule has 154 valence electrons. The third kappa shape index (κ3) is 4.83. The molecule has 1 aliphatic rings. The average molecular weight is 420 g/mol. The predicted octanol–water partition coefficient (Wildman–Crippen LogP) is -0.347. The van der Waals surface area contributed by atoms with Crippen LogP contribution in [0.5, 0.6) is 5.75 Å². The number of nitrogens with zero attached hydrogens (tertiary/aromatic N) is 5. The number of aromatic nitrogens is 4. The molecule has 12 heteroatoms. The molecule has 2 amide bonds. The van der Waals surface area contributed by atoms with Gasteiger partial charge in [-0.1, -0.05) is 11.8 Å². The van der Waals surface area contributed by atoms with E-state index in [-0.39, 0.29) is 24.0 Å². The van der Waals surface area contributed by atoms with E-state index >= 15 is 0 Å². The summed E-state index contributed by atoms with van der Waals surface area (Å²) >= 11 is 1.14. The fourth-order valence-corrected chi connectivity index (χ4v) is 3.60. The van der Waals surface area contributed by atoms with Crippen LogP contribution < -0.4 is 10.1 Å². The third-order valence-corrected chi connectivity index (χ3v) is 5.23. The molecule has 0 unspecified atom stereocenters. The summed E-state index contributed by atoms with van der Waals surface area (Å²) in [5.41, 5.74) is 0.715. The Morgan fingerprint density at radius 3 is 2.72 bits per heavy atom. The molecule has 3 rings (SSSR count). The molecule has 0 aliphatic carbocycles. The molecule has 11 nitrogen and oxygen atoms in total. The first-order valence-electron chi connectivity index (χ1n) is 8.73. The molecular weight excluding hydrogens is 400 g/mol. The summed E-state index contributed by atoms with van der Waals surface area (Å²) in [4.78, 5) is 37.8. The van der Waals surface area contributed by atoms with Gasteiger partial charge < -0.3 is 19.7 Å². The standard InChI is InChI=1S/C17H20N6O5S/c1-27-12-5-3-11(4-6-12)23-17(19-20-21-23)29-10-14(24)22-8-7-18-16(26)13(22)9-15(25)28-2/h3-6,13H,7-10H2,1-2H3,(H,18,26)/t13-/m0/s1. The summed E-state index contributed by atoms with van der Waals surface area (Å²) in [7, 11) is 2.82. The Hall–Kier alpha value is -3.15. The van der Waals surface area contributed by atoms with E-state index in [9.17, 15) is 14.4 Å². The van der Waals surface area contributed by atoms with Crippen molar-refractivity contribution < 1.29 is 23.9 Å². The fraction of sp³-hybridized carbons (Fsp3) is 0.412. The molecule has 1 saturated heterocycles. The Morgan fingerprint density at radius 1 is 1.28 bits per heavy atom. The summed E-state index contributed by atoms with van der Waals surface area (Å²) in [6.45, 7) is 0.646. The van der Waals surface area contributed by atoms with E-state index in [0.29, 0.717) is 29.7 Å². The van der Waals surface area contributed by atoms with E-state index in [1.807, 2.05) is 0 Å². The van der Waals surface area contributed by atoms with Crippen LogP contribution in [-0.4, -0.2) is 82.0 Å². The van der Waals surface area contributed by atoms with E-state index in [4.69, 9.17) is 4.74 Å². The van der Waals surface area contributed by atoms with Crippen molar-refractivity contribution in [1.82, 2.24) is 30.4 Å². The maximum absolute atomic E-state index is 12.7. The van der Waals surface area contributed by atoms with Gasteiger partial charge in [-0.25, -0.2) is 0 Å². The number of nitrogens with one attached hydrogen (secondary N) is 1. The number of hydrogen-bond acceptors (Lipinski definition) is 9. The van der Waals surface area contributed by atoms with Crippen LogP contribution in [0.25, 0.3) is 5.69 Å². The van der Waals surface area contributed by atoms with E-state index in [1.165, 1.54) is 16.7 Å². The molecule has 1 N–H and O–H groups in total. The largest absolute Gasteiger partial charge is 0.497 e. The minimum atomic E-state index is -0.887. The maximum atomic E-state index is 12.7. The highest BCUT2D eigenvalue weighted by Crippen LogP contribution is 2.21. The number of ether oxygens (including phenoxy) is 2. The number of tetrazole rings is 1. The normalized spacial score (nSPS) is 16.3. The minimum absolute atomic E-state index is 0.0154. The van der Waals surface area contributed by atoms with Gasteiger partial charge in [-0.15, -0.1) is 5.10 Å². The summed E-state index contributed by atoms with van der Waals surface area (Å²) in [6, 6.07) is 6.26. The highest BCUT2D eigenvalue weighted by molar-refractivity contribution is 7.99. The molecule has 1 fully saturated rings. The zero-order valence-electron chi connectivity index (χ0n) is 15.9. The lowest BCUT2D eigenvalue weighted by molar-refractivity contribution is -0.149. The Kier molecular flexibility index (Phi) is 6.65. The number of amides is 2. The van der Waals surface area contributed by atoms with Crippen molar-refractivity contribution in [3.05, 3.63) is 24.3 Å². The van der Waals surface area contributed by atoms with Gasteiger partial charge in [0.2, 0.25) is 17.0 Å². The first-order chi connectivity index (χ1) is 14.0. The summed E-state index contributed by atoms with van der Waals surface area (Å²) in [5, 5.41) is 14.7. The number of thioether (sulfide) groups is 1.